The maximum atomic E-state index is 12.7. The van der Waals surface area contributed by atoms with Crippen molar-refractivity contribution < 1.29 is 14.1 Å². The number of rotatable bonds is 5. The number of hydrogen-bond acceptors (Lipinski definition) is 5. The number of nitrogens with zero attached hydrogens (tertiary/aromatic N) is 3. The number of benzene rings is 1. The van der Waals surface area contributed by atoms with Crippen molar-refractivity contribution in [2.75, 3.05) is 7.11 Å². The molecule has 1 atom stereocenters. The van der Waals surface area contributed by atoms with Crippen LogP contribution in [0.1, 0.15) is 41.6 Å². The fourth-order valence-electron chi connectivity index (χ4n) is 2.70. The lowest BCUT2D eigenvalue weighted by atomic mass is 10.2. The van der Waals surface area contributed by atoms with Crippen molar-refractivity contribution in [3.8, 4) is 5.75 Å². The molecule has 0 aliphatic heterocycles. The Morgan fingerprint density at radius 1 is 1.42 bits per heavy atom. The van der Waals surface area contributed by atoms with E-state index in [-0.39, 0.29) is 11.9 Å². The Labute approximate surface area is 139 Å². The van der Waals surface area contributed by atoms with Gasteiger partial charge in [-0.15, -0.1) is 0 Å². The van der Waals surface area contributed by atoms with E-state index < -0.39 is 0 Å². The van der Waals surface area contributed by atoms with E-state index in [0.29, 0.717) is 23.8 Å². The Morgan fingerprint density at radius 3 is 2.83 bits per heavy atom. The topological polar surface area (TPSA) is 82.2 Å². The smallest absolute Gasteiger partial charge is 0.268 e. The molecule has 1 amide bonds. The summed E-state index contributed by atoms with van der Waals surface area (Å²) in [6, 6.07) is 7.25. The lowest BCUT2D eigenvalue weighted by Gasteiger charge is -2.13. The van der Waals surface area contributed by atoms with Crippen molar-refractivity contribution in [3.63, 3.8) is 0 Å². The maximum Gasteiger partial charge on any atom is 0.268 e. The highest BCUT2D eigenvalue weighted by Crippen LogP contribution is 2.24. The van der Waals surface area contributed by atoms with E-state index >= 15 is 0 Å². The van der Waals surface area contributed by atoms with Crippen LogP contribution in [0.2, 0.25) is 0 Å². The minimum atomic E-state index is -0.314. The second-order valence-corrected chi connectivity index (χ2v) is 5.63. The summed E-state index contributed by atoms with van der Waals surface area (Å²) in [5.41, 5.74) is 1.52. The van der Waals surface area contributed by atoms with Crippen molar-refractivity contribution in [1.82, 2.24) is 20.0 Å². The van der Waals surface area contributed by atoms with Crippen LogP contribution in [0.15, 0.2) is 28.8 Å². The Hall–Kier alpha value is -2.83. The molecule has 7 heteroatoms. The summed E-state index contributed by atoms with van der Waals surface area (Å²) in [5.74, 6) is 1.54. The van der Waals surface area contributed by atoms with E-state index in [1.54, 1.807) is 14.0 Å². The second-order valence-electron chi connectivity index (χ2n) is 5.63. The van der Waals surface area contributed by atoms with Crippen LogP contribution in [0.3, 0.4) is 0 Å². The molecule has 0 aliphatic carbocycles. The van der Waals surface area contributed by atoms with Crippen LogP contribution >= 0.6 is 0 Å². The van der Waals surface area contributed by atoms with Gasteiger partial charge in [0.15, 0.2) is 5.82 Å². The number of fused-ring (bicyclic) bond motifs is 1. The number of carbonyl (C=O) groups excluding carboxylic acids is 1. The van der Waals surface area contributed by atoms with Gasteiger partial charge in [-0.3, -0.25) is 4.79 Å². The average Bonchev–Trinajstić information content (AvgIpc) is 3.16. The Kier molecular flexibility index (Phi) is 4.24. The molecule has 7 nitrogen and oxygen atoms in total. The molecule has 24 heavy (non-hydrogen) atoms. The molecule has 1 aromatic carbocycles. The van der Waals surface area contributed by atoms with Gasteiger partial charge in [-0.25, -0.2) is 0 Å². The Bertz CT molecular complexity index is 881. The summed E-state index contributed by atoms with van der Waals surface area (Å²) in [4.78, 5) is 16.9. The number of ether oxygens (including phenoxy) is 1. The van der Waals surface area contributed by atoms with Crippen LogP contribution in [-0.2, 0) is 7.05 Å². The van der Waals surface area contributed by atoms with Crippen LogP contribution in [0, 0.1) is 6.92 Å². The van der Waals surface area contributed by atoms with Gasteiger partial charge in [0.2, 0.25) is 5.89 Å². The van der Waals surface area contributed by atoms with E-state index in [1.807, 2.05) is 42.8 Å². The van der Waals surface area contributed by atoms with Gasteiger partial charge >= 0.3 is 0 Å². The summed E-state index contributed by atoms with van der Waals surface area (Å²) in [7, 11) is 3.48. The molecule has 0 bridgehead atoms. The van der Waals surface area contributed by atoms with Crippen molar-refractivity contribution in [1.29, 1.82) is 0 Å². The number of amides is 1. The van der Waals surface area contributed by atoms with Gasteiger partial charge in [-0.2, -0.15) is 4.98 Å². The first-order valence-corrected chi connectivity index (χ1v) is 7.78. The van der Waals surface area contributed by atoms with E-state index in [4.69, 9.17) is 9.26 Å². The molecule has 2 aromatic heterocycles. The summed E-state index contributed by atoms with van der Waals surface area (Å²) in [5, 5.41) is 7.68. The molecule has 0 saturated carbocycles. The van der Waals surface area contributed by atoms with Gasteiger partial charge in [-0.1, -0.05) is 12.1 Å². The standard InChI is InChI=1S/C17H20N4O3/c1-5-13(17-18-10(2)20-24-17)19-16(22)15-9-11-8-12(23-4)6-7-14(11)21(15)3/h6-9,13H,5H2,1-4H3,(H,19,22)/t13-/m1/s1. The SMILES string of the molecule is CC[C@@H](NC(=O)c1cc2cc(OC)ccc2n1C)c1nc(C)no1. The zero-order valence-corrected chi connectivity index (χ0v) is 14.2. The number of aryl methyl sites for hydroxylation is 2. The molecule has 3 rings (SSSR count). The monoisotopic (exact) mass is 328 g/mol. The third-order valence-corrected chi connectivity index (χ3v) is 4.04. The summed E-state index contributed by atoms with van der Waals surface area (Å²) in [6.07, 6.45) is 0.658. The van der Waals surface area contributed by atoms with Crippen molar-refractivity contribution in [2.45, 2.75) is 26.3 Å². The molecule has 2 heterocycles. The number of aromatic nitrogens is 3. The first kappa shape index (κ1) is 16.0. The summed E-state index contributed by atoms with van der Waals surface area (Å²) in [6.45, 7) is 3.70. The molecule has 0 saturated heterocycles. The third kappa shape index (κ3) is 2.84. The highest BCUT2D eigenvalue weighted by Gasteiger charge is 2.21. The highest BCUT2D eigenvalue weighted by atomic mass is 16.5. The number of nitrogens with one attached hydrogen (secondary N) is 1. The summed E-state index contributed by atoms with van der Waals surface area (Å²) < 4.78 is 12.3. The predicted octanol–water partition coefficient (Wildman–Crippen LogP) is 2.76. The maximum absolute atomic E-state index is 12.7. The number of carbonyl (C=O) groups is 1. The highest BCUT2D eigenvalue weighted by molar-refractivity contribution is 5.99. The van der Waals surface area contributed by atoms with E-state index in [0.717, 1.165) is 16.7 Å². The van der Waals surface area contributed by atoms with Crippen LogP contribution in [0.4, 0.5) is 0 Å². The van der Waals surface area contributed by atoms with Gasteiger partial charge in [-0.05, 0) is 37.6 Å². The minimum absolute atomic E-state index is 0.185. The van der Waals surface area contributed by atoms with Gasteiger partial charge in [0.25, 0.3) is 5.91 Å². The predicted molar refractivity (Wildman–Crippen MR) is 89.0 cm³/mol. The Morgan fingerprint density at radius 2 is 2.21 bits per heavy atom. The van der Waals surface area contributed by atoms with Gasteiger partial charge < -0.3 is 19.1 Å². The normalized spacial score (nSPS) is 12.3. The lowest BCUT2D eigenvalue weighted by Crippen LogP contribution is -2.29. The van der Waals surface area contributed by atoms with Gasteiger partial charge in [0.1, 0.15) is 17.5 Å². The van der Waals surface area contributed by atoms with Crippen LogP contribution < -0.4 is 10.1 Å². The first-order chi connectivity index (χ1) is 11.5. The van der Waals surface area contributed by atoms with Crippen LogP contribution in [0.25, 0.3) is 10.9 Å². The fraction of sp³-hybridized carbons (Fsp3) is 0.353. The van der Waals surface area contributed by atoms with E-state index in [2.05, 4.69) is 15.5 Å². The van der Waals surface area contributed by atoms with Crippen LogP contribution in [-0.4, -0.2) is 27.7 Å². The van der Waals surface area contributed by atoms with Crippen LogP contribution in [0.5, 0.6) is 5.75 Å². The average molecular weight is 328 g/mol. The Balaban J connectivity index is 1.89. The molecule has 0 radical (unpaired) electrons. The van der Waals surface area contributed by atoms with Crippen molar-refractivity contribution in [3.05, 3.63) is 41.7 Å². The number of hydrogen-bond donors (Lipinski definition) is 1. The number of methoxy groups -OCH3 is 1. The van der Waals surface area contributed by atoms with E-state index in [9.17, 15) is 4.79 Å². The molecular formula is C17H20N4O3. The lowest BCUT2D eigenvalue weighted by molar-refractivity contribution is 0.0919. The fourth-order valence-corrected chi connectivity index (χ4v) is 2.70. The van der Waals surface area contributed by atoms with Gasteiger partial charge in [0.05, 0.1) is 7.11 Å². The summed E-state index contributed by atoms with van der Waals surface area (Å²) >= 11 is 0. The van der Waals surface area contributed by atoms with E-state index in [1.165, 1.54) is 0 Å². The largest absolute Gasteiger partial charge is 0.497 e. The molecule has 1 N–H and O–H groups in total. The van der Waals surface area contributed by atoms with Crippen molar-refractivity contribution in [2.24, 2.45) is 7.05 Å². The molecule has 3 aromatic rings. The molecule has 126 valence electrons. The van der Waals surface area contributed by atoms with Crippen molar-refractivity contribution >= 4 is 16.8 Å². The zero-order valence-electron chi connectivity index (χ0n) is 14.2. The minimum Gasteiger partial charge on any atom is -0.497 e. The second kappa shape index (κ2) is 6.35. The molecule has 0 unspecified atom stereocenters. The molecule has 0 aliphatic rings. The quantitative estimate of drug-likeness (QED) is 0.779. The van der Waals surface area contributed by atoms with Gasteiger partial charge in [0, 0.05) is 18.0 Å². The molecular weight excluding hydrogens is 308 g/mol. The molecule has 0 fully saturated rings. The molecule has 0 spiro atoms. The first-order valence-electron chi connectivity index (χ1n) is 7.78. The third-order valence-electron chi connectivity index (χ3n) is 4.04. The zero-order chi connectivity index (χ0) is 17.3.